The predicted octanol–water partition coefficient (Wildman–Crippen LogP) is 4.72. The quantitative estimate of drug-likeness (QED) is 0.810. The first-order chi connectivity index (χ1) is 8.65. The Hall–Kier alpha value is -0.550. The maximum absolute atomic E-state index is 10.1. The van der Waals surface area contributed by atoms with Crippen LogP contribution in [0.1, 0.15) is 29.1 Å². The minimum Gasteiger partial charge on any atom is -0.484 e. The summed E-state index contributed by atoms with van der Waals surface area (Å²) in [6, 6.07) is 9.55. The highest BCUT2D eigenvalue weighted by atomic mass is 79.9. The van der Waals surface area contributed by atoms with Crippen LogP contribution in [0.5, 0.6) is 5.75 Å². The molecule has 0 fully saturated rings. The van der Waals surface area contributed by atoms with E-state index in [2.05, 4.69) is 15.9 Å². The zero-order chi connectivity index (χ0) is 12.7. The number of benzene rings is 1. The minimum absolute atomic E-state index is 0.135. The fourth-order valence-corrected chi connectivity index (χ4v) is 3.87. The molecule has 1 aliphatic heterocycles. The van der Waals surface area contributed by atoms with Crippen molar-refractivity contribution in [3.05, 3.63) is 49.6 Å². The molecule has 0 radical (unpaired) electrons. The van der Waals surface area contributed by atoms with Crippen molar-refractivity contribution in [3.8, 4) is 5.75 Å². The molecule has 0 spiro atoms. The van der Waals surface area contributed by atoms with Crippen molar-refractivity contribution in [3.63, 3.8) is 0 Å². The molecular formula is C13H10BrClO2S. The minimum atomic E-state index is -0.486. The number of hydrogen-bond donors (Lipinski definition) is 1. The summed E-state index contributed by atoms with van der Waals surface area (Å²) in [4.78, 5) is 1.03. The van der Waals surface area contributed by atoms with Gasteiger partial charge in [0.25, 0.3) is 0 Å². The van der Waals surface area contributed by atoms with Crippen LogP contribution in [-0.4, -0.2) is 5.11 Å². The third-order valence-corrected chi connectivity index (χ3v) is 5.53. The first kappa shape index (κ1) is 12.5. The summed E-state index contributed by atoms with van der Waals surface area (Å²) in [6.07, 6.45) is -0.0661. The van der Waals surface area contributed by atoms with Gasteiger partial charge in [-0.15, -0.1) is 11.3 Å². The van der Waals surface area contributed by atoms with E-state index in [1.54, 1.807) is 0 Å². The molecule has 1 aromatic carbocycles. The second-order valence-electron chi connectivity index (χ2n) is 4.17. The van der Waals surface area contributed by atoms with Gasteiger partial charge in [-0.3, -0.25) is 0 Å². The van der Waals surface area contributed by atoms with E-state index >= 15 is 0 Å². The van der Waals surface area contributed by atoms with Crippen molar-refractivity contribution in [2.45, 2.75) is 18.6 Å². The fourth-order valence-electron chi connectivity index (χ4n) is 2.09. The van der Waals surface area contributed by atoms with Crippen molar-refractivity contribution < 1.29 is 9.84 Å². The zero-order valence-electron chi connectivity index (χ0n) is 9.27. The van der Waals surface area contributed by atoms with Crippen LogP contribution in [0.25, 0.3) is 0 Å². The van der Waals surface area contributed by atoms with E-state index in [1.165, 1.54) is 11.3 Å². The summed E-state index contributed by atoms with van der Waals surface area (Å²) in [6.45, 7) is 0. The van der Waals surface area contributed by atoms with Crippen molar-refractivity contribution in [2.24, 2.45) is 0 Å². The lowest BCUT2D eigenvalue weighted by molar-refractivity contribution is 0.0674. The smallest absolute Gasteiger partial charge is 0.136 e. The highest BCUT2D eigenvalue weighted by Gasteiger charge is 2.29. The maximum atomic E-state index is 10.1. The Morgan fingerprint density at radius 2 is 2.17 bits per heavy atom. The molecule has 2 unspecified atom stereocenters. The lowest BCUT2D eigenvalue weighted by atomic mass is 9.98. The van der Waals surface area contributed by atoms with Gasteiger partial charge in [-0.2, -0.15) is 0 Å². The zero-order valence-corrected chi connectivity index (χ0v) is 12.4. The number of aliphatic hydroxyl groups is 1. The number of rotatable bonds is 1. The Kier molecular flexibility index (Phi) is 3.36. The van der Waals surface area contributed by atoms with Crippen molar-refractivity contribution >= 4 is 38.9 Å². The fraction of sp³-hybridized carbons (Fsp3) is 0.231. The van der Waals surface area contributed by atoms with Gasteiger partial charge in [-0.1, -0.05) is 29.8 Å². The highest BCUT2D eigenvalue weighted by Crippen LogP contribution is 2.44. The van der Waals surface area contributed by atoms with Gasteiger partial charge in [0.2, 0.25) is 0 Å². The Balaban J connectivity index is 1.94. The molecule has 0 aliphatic carbocycles. The third kappa shape index (κ3) is 2.18. The van der Waals surface area contributed by atoms with Gasteiger partial charge in [0.15, 0.2) is 0 Å². The van der Waals surface area contributed by atoms with E-state index in [1.807, 2.05) is 30.3 Å². The SMILES string of the molecule is OC1CC(c2cc(Br)c(Cl)s2)Oc2ccccc21. The molecule has 1 aromatic heterocycles. The Labute approximate surface area is 122 Å². The van der Waals surface area contributed by atoms with Crippen LogP contribution < -0.4 is 4.74 Å². The molecule has 0 amide bonds. The van der Waals surface area contributed by atoms with Gasteiger partial charge in [-0.05, 0) is 28.1 Å². The molecule has 2 atom stereocenters. The molecule has 2 nitrogen and oxygen atoms in total. The number of para-hydroxylation sites is 1. The first-order valence-electron chi connectivity index (χ1n) is 5.53. The summed E-state index contributed by atoms with van der Waals surface area (Å²) in [5.74, 6) is 0.752. The van der Waals surface area contributed by atoms with Gasteiger partial charge in [0, 0.05) is 21.3 Å². The van der Waals surface area contributed by atoms with E-state index in [4.69, 9.17) is 16.3 Å². The molecule has 0 saturated heterocycles. The molecular weight excluding hydrogens is 336 g/mol. The van der Waals surface area contributed by atoms with Gasteiger partial charge in [-0.25, -0.2) is 0 Å². The van der Waals surface area contributed by atoms with E-state index in [0.29, 0.717) is 10.8 Å². The van der Waals surface area contributed by atoms with Crippen LogP contribution in [0.15, 0.2) is 34.8 Å². The maximum Gasteiger partial charge on any atom is 0.136 e. The number of fused-ring (bicyclic) bond motifs is 1. The van der Waals surface area contributed by atoms with Crippen LogP contribution in [-0.2, 0) is 0 Å². The summed E-state index contributed by atoms with van der Waals surface area (Å²) in [5, 5.41) is 10.1. The Bertz CT molecular complexity index is 565. The number of hydrogen-bond acceptors (Lipinski definition) is 3. The largest absolute Gasteiger partial charge is 0.484 e. The summed E-state index contributed by atoms with van der Waals surface area (Å²) < 4.78 is 7.51. The molecule has 0 bridgehead atoms. The summed E-state index contributed by atoms with van der Waals surface area (Å²) in [7, 11) is 0. The molecule has 0 saturated carbocycles. The summed E-state index contributed by atoms with van der Waals surface area (Å²) >= 11 is 10.9. The average Bonchev–Trinajstić information content (AvgIpc) is 2.70. The molecule has 18 heavy (non-hydrogen) atoms. The molecule has 94 valence electrons. The van der Waals surface area contributed by atoms with Gasteiger partial charge in [0.05, 0.1) is 6.10 Å². The molecule has 2 aromatic rings. The Morgan fingerprint density at radius 3 is 2.89 bits per heavy atom. The highest BCUT2D eigenvalue weighted by molar-refractivity contribution is 9.10. The van der Waals surface area contributed by atoms with E-state index in [-0.39, 0.29) is 6.10 Å². The van der Waals surface area contributed by atoms with Crippen LogP contribution in [0.4, 0.5) is 0 Å². The standard InChI is InChI=1S/C13H10BrClO2S/c14-8-5-12(18-13(8)15)11-6-9(16)7-3-1-2-4-10(7)17-11/h1-5,9,11,16H,6H2. The predicted molar refractivity (Wildman–Crippen MR) is 76.4 cm³/mol. The van der Waals surface area contributed by atoms with Crippen LogP contribution >= 0.6 is 38.9 Å². The topological polar surface area (TPSA) is 29.5 Å². The van der Waals surface area contributed by atoms with Gasteiger partial charge >= 0.3 is 0 Å². The van der Waals surface area contributed by atoms with Crippen LogP contribution in [0, 0.1) is 0 Å². The normalized spacial score (nSPS) is 22.4. The molecule has 2 heterocycles. The second kappa shape index (κ2) is 4.85. The molecule has 1 N–H and O–H groups in total. The van der Waals surface area contributed by atoms with Crippen molar-refractivity contribution in [2.75, 3.05) is 0 Å². The van der Waals surface area contributed by atoms with Crippen LogP contribution in [0.3, 0.4) is 0 Å². The van der Waals surface area contributed by atoms with E-state index in [9.17, 15) is 5.11 Å². The van der Waals surface area contributed by atoms with Crippen molar-refractivity contribution in [1.29, 1.82) is 0 Å². The lowest BCUT2D eigenvalue weighted by Crippen LogP contribution is -2.18. The first-order valence-corrected chi connectivity index (χ1v) is 7.52. The lowest BCUT2D eigenvalue weighted by Gasteiger charge is -2.28. The molecule has 5 heteroatoms. The Morgan fingerprint density at radius 1 is 1.39 bits per heavy atom. The van der Waals surface area contributed by atoms with Gasteiger partial charge in [0.1, 0.15) is 16.2 Å². The van der Waals surface area contributed by atoms with E-state index in [0.717, 1.165) is 20.7 Å². The molecule has 1 aliphatic rings. The monoisotopic (exact) mass is 344 g/mol. The number of halogens is 2. The number of ether oxygens (including phenoxy) is 1. The second-order valence-corrected chi connectivity index (χ2v) is 6.71. The summed E-state index contributed by atoms with van der Waals surface area (Å²) in [5.41, 5.74) is 0.857. The van der Waals surface area contributed by atoms with E-state index < -0.39 is 6.10 Å². The molecule has 3 rings (SSSR count). The third-order valence-electron chi connectivity index (χ3n) is 2.97. The van der Waals surface area contributed by atoms with Gasteiger partial charge < -0.3 is 9.84 Å². The van der Waals surface area contributed by atoms with Crippen molar-refractivity contribution in [1.82, 2.24) is 0 Å². The number of thiophene rings is 1. The van der Waals surface area contributed by atoms with Crippen LogP contribution in [0.2, 0.25) is 4.34 Å². The number of aliphatic hydroxyl groups excluding tert-OH is 1. The average molecular weight is 346 g/mol.